The largest absolute Gasteiger partial charge is 0.478 e. The maximum absolute atomic E-state index is 10.9. The molecule has 0 aliphatic heterocycles. The Hall–Kier alpha value is -2.70. The summed E-state index contributed by atoms with van der Waals surface area (Å²) in [6, 6.07) is 4.78. The predicted octanol–water partition coefficient (Wildman–Crippen LogP) is 0.901. The molecular weight excluding hydrogens is 234 g/mol. The lowest BCUT2D eigenvalue weighted by atomic mass is 10.2. The number of aromatic amines is 1. The van der Waals surface area contributed by atoms with Gasteiger partial charge in [-0.2, -0.15) is 5.10 Å². The molecule has 0 radical (unpaired) electrons. The number of hydrogen-bond donors (Lipinski definition) is 2. The van der Waals surface area contributed by atoms with Gasteiger partial charge in [-0.3, -0.25) is 0 Å². The summed E-state index contributed by atoms with van der Waals surface area (Å²) >= 11 is 0. The van der Waals surface area contributed by atoms with Gasteiger partial charge >= 0.3 is 5.97 Å². The van der Waals surface area contributed by atoms with E-state index in [1.165, 1.54) is 12.4 Å². The Kier molecular flexibility index (Phi) is 2.30. The average Bonchev–Trinajstić information content (AvgIpc) is 2.96. The number of aromatic carboxylic acids is 1. The van der Waals surface area contributed by atoms with Crippen LogP contribution in [-0.4, -0.2) is 35.8 Å². The Morgan fingerprint density at radius 3 is 3.06 bits per heavy atom. The molecule has 0 unspecified atom stereocenters. The molecule has 0 fully saturated rings. The van der Waals surface area contributed by atoms with Crippen LogP contribution in [0.2, 0.25) is 0 Å². The molecule has 0 aliphatic rings. The smallest absolute Gasteiger partial charge is 0.335 e. The molecule has 2 heterocycles. The van der Waals surface area contributed by atoms with Crippen molar-refractivity contribution in [3.8, 4) is 0 Å². The van der Waals surface area contributed by atoms with E-state index in [1.54, 1.807) is 23.1 Å². The number of H-pyrrole nitrogens is 1. The van der Waals surface area contributed by atoms with Crippen molar-refractivity contribution in [1.82, 2.24) is 24.7 Å². The topological polar surface area (TPSA) is 96.7 Å². The van der Waals surface area contributed by atoms with Gasteiger partial charge in [0.05, 0.1) is 16.6 Å². The van der Waals surface area contributed by atoms with Crippen LogP contribution in [-0.2, 0) is 6.54 Å². The van der Waals surface area contributed by atoms with Gasteiger partial charge in [-0.1, -0.05) is 0 Å². The van der Waals surface area contributed by atoms with E-state index in [0.717, 1.165) is 5.52 Å². The number of rotatable bonds is 3. The van der Waals surface area contributed by atoms with Crippen LogP contribution in [0.25, 0.3) is 11.0 Å². The molecule has 0 saturated carbocycles. The Morgan fingerprint density at radius 2 is 2.33 bits per heavy atom. The van der Waals surface area contributed by atoms with E-state index in [1.807, 2.05) is 0 Å². The molecule has 0 spiro atoms. The van der Waals surface area contributed by atoms with Gasteiger partial charge in [0, 0.05) is 0 Å². The number of nitrogens with zero attached hydrogens (tertiary/aromatic N) is 4. The summed E-state index contributed by atoms with van der Waals surface area (Å²) < 4.78 is 1.63. The monoisotopic (exact) mass is 243 g/mol. The summed E-state index contributed by atoms with van der Waals surface area (Å²) in [5.41, 5.74) is 1.67. The van der Waals surface area contributed by atoms with E-state index >= 15 is 0 Å². The molecule has 2 N–H and O–H groups in total. The lowest BCUT2D eigenvalue weighted by Gasteiger charge is -1.94. The number of imidazole rings is 1. The Morgan fingerprint density at radius 1 is 1.44 bits per heavy atom. The van der Waals surface area contributed by atoms with Gasteiger partial charge in [0.15, 0.2) is 0 Å². The zero-order valence-corrected chi connectivity index (χ0v) is 9.24. The number of aromatic nitrogens is 5. The van der Waals surface area contributed by atoms with Crippen LogP contribution < -0.4 is 0 Å². The molecule has 7 heteroatoms. The molecule has 0 saturated heterocycles. The van der Waals surface area contributed by atoms with Crippen molar-refractivity contribution in [2.75, 3.05) is 0 Å². The third-order valence-electron chi connectivity index (χ3n) is 2.56. The fourth-order valence-corrected chi connectivity index (χ4v) is 1.74. The summed E-state index contributed by atoms with van der Waals surface area (Å²) in [5.74, 6) is -0.248. The van der Waals surface area contributed by atoms with Crippen molar-refractivity contribution in [2.45, 2.75) is 6.54 Å². The van der Waals surface area contributed by atoms with E-state index in [-0.39, 0.29) is 5.56 Å². The lowest BCUT2D eigenvalue weighted by molar-refractivity contribution is 0.0697. The number of carboxylic acids is 1. The molecule has 3 rings (SSSR count). The molecule has 0 bridgehead atoms. The predicted molar refractivity (Wildman–Crippen MR) is 62.2 cm³/mol. The van der Waals surface area contributed by atoms with Gasteiger partial charge in [-0.05, 0) is 18.2 Å². The Bertz CT molecular complexity index is 701. The van der Waals surface area contributed by atoms with Crippen molar-refractivity contribution in [3.05, 3.63) is 42.2 Å². The van der Waals surface area contributed by atoms with E-state index in [2.05, 4.69) is 20.1 Å². The first-order valence-electron chi connectivity index (χ1n) is 5.27. The SMILES string of the molecule is O=C(O)c1ccc2nc(Cn3cncn3)[nH]c2c1. The van der Waals surface area contributed by atoms with Gasteiger partial charge < -0.3 is 10.1 Å². The lowest BCUT2D eigenvalue weighted by Crippen LogP contribution is -2.01. The molecule has 7 nitrogen and oxygen atoms in total. The molecule has 0 atom stereocenters. The first-order valence-corrected chi connectivity index (χ1v) is 5.27. The second-order valence-corrected chi connectivity index (χ2v) is 3.81. The Labute approximate surface area is 101 Å². The molecule has 3 aromatic rings. The van der Waals surface area contributed by atoms with Gasteiger partial charge in [-0.25, -0.2) is 19.4 Å². The van der Waals surface area contributed by atoms with Crippen LogP contribution in [0.3, 0.4) is 0 Å². The average molecular weight is 243 g/mol. The molecule has 2 aromatic heterocycles. The van der Waals surface area contributed by atoms with Crippen molar-refractivity contribution in [3.63, 3.8) is 0 Å². The molecule has 18 heavy (non-hydrogen) atoms. The molecule has 90 valence electrons. The first kappa shape index (κ1) is 10.5. The number of fused-ring (bicyclic) bond motifs is 1. The third-order valence-corrected chi connectivity index (χ3v) is 2.56. The van der Waals surface area contributed by atoms with Crippen LogP contribution in [0.15, 0.2) is 30.9 Å². The highest BCUT2D eigenvalue weighted by atomic mass is 16.4. The Balaban J connectivity index is 1.98. The minimum absolute atomic E-state index is 0.235. The highest BCUT2D eigenvalue weighted by Gasteiger charge is 2.07. The van der Waals surface area contributed by atoms with Crippen LogP contribution in [0, 0.1) is 0 Å². The molecule has 1 aromatic carbocycles. The summed E-state index contributed by atoms with van der Waals surface area (Å²) in [5, 5.41) is 12.9. The maximum atomic E-state index is 10.9. The highest BCUT2D eigenvalue weighted by molar-refractivity contribution is 5.92. The van der Waals surface area contributed by atoms with E-state index in [9.17, 15) is 4.79 Å². The van der Waals surface area contributed by atoms with E-state index < -0.39 is 5.97 Å². The van der Waals surface area contributed by atoms with Crippen molar-refractivity contribution < 1.29 is 9.90 Å². The summed E-state index contributed by atoms with van der Waals surface area (Å²) in [7, 11) is 0. The molecule has 0 aliphatic carbocycles. The zero-order valence-electron chi connectivity index (χ0n) is 9.24. The maximum Gasteiger partial charge on any atom is 0.335 e. The fourth-order valence-electron chi connectivity index (χ4n) is 1.74. The number of carbonyl (C=O) groups is 1. The van der Waals surface area contributed by atoms with Crippen molar-refractivity contribution in [2.24, 2.45) is 0 Å². The van der Waals surface area contributed by atoms with Crippen molar-refractivity contribution >= 4 is 17.0 Å². The first-order chi connectivity index (χ1) is 8.72. The van der Waals surface area contributed by atoms with Gasteiger partial charge in [-0.15, -0.1) is 0 Å². The number of benzene rings is 1. The van der Waals surface area contributed by atoms with E-state index in [4.69, 9.17) is 5.11 Å². The summed E-state index contributed by atoms with van der Waals surface area (Å²) in [4.78, 5) is 22.1. The minimum atomic E-state index is -0.954. The van der Waals surface area contributed by atoms with Gasteiger partial charge in [0.1, 0.15) is 25.0 Å². The molecule has 0 amide bonds. The number of nitrogens with one attached hydrogen (secondary N) is 1. The van der Waals surface area contributed by atoms with E-state index in [0.29, 0.717) is 17.9 Å². The third kappa shape index (κ3) is 1.81. The second-order valence-electron chi connectivity index (χ2n) is 3.81. The van der Waals surface area contributed by atoms with Crippen molar-refractivity contribution in [1.29, 1.82) is 0 Å². The number of hydrogen-bond acceptors (Lipinski definition) is 4. The fraction of sp³-hybridized carbons (Fsp3) is 0.0909. The highest BCUT2D eigenvalue weighted by Crippen LogP contribution is 2.14. The molecular formula is C11H9N5O2. The van der Waals surface area contributed by atoms with Gasteiger partial charge in [0.25, 0.3) is 0 Å². The number of carboxylic acid groups (broad SMARTS) is 1. The standard InChI is InChI=1S/C11H9N5O2/c17-11(18)7-1-2-8-9(3-7)15-10(14-8)4-16-6-12-5-13-16/h1-3,5-6H,4H2,(H,14,15)(H,17,18). The zero-order chi connectivity index (χ0) is 12.5. The van der Waals surface area contributed by atoms with Crippen LogP contribution >= 0.6 is 0 Å². The quantitative estimate of drug-likeness (QED) is 0.712. The normalized spacial score (nSPS) is 10.9. The summed E-state index contributed by atoms with van der Waals surface area (Å²) in [6.45, 7) is 0.469. The van der Waals surface area contributed by atoms with Crippen LogP contribution in [0.5, 0.6) is 0 Å². The minimum Gasteiger partial charge on any atom is -0.478 e. The van der Waals surface area contributed by atoms with Crippen LogP contribution in [0.4, 0.5) is 0 Å². The van der Waals surface area contributed by atoms with Crippen LogP contribution in [0.1, 0.15) is 16.2 Å². The second kappa shape index (κ2) is 3.95. The summed E-state index contributed by atoms with van der Waals surface area (Å²) in [6.07, 6.45) is 3.04. The van der Waals surface area contributed by atoms with Gasteiger partial charge in [0.2, 0.25) is 0 Å².